The molecule has 7 nitrogen and oxygen atoms in total. The van der Waals surface area contributed by atoms with Gasteiger partial charge in [-0.05, 0) is 26.2 Å². The number of guanidine groups is 1. The van der Waals surface area contributed by atoms with Crippen LogP contribution in [0.1, 0.15) is 26.2 Å². The van der Waals surface area contributed by atoms with Gasteiger partial charge in [0.05, 0.1) is 5.75 Å². The number of carbonyl (C=O) groups excluding carboxylic acids is 1. The molecule has 0 heterocycles. The number of nitrogens with zero attached hydrogens (tertiary/aromatic N) is 1. The predicted octanol–water partition coefficient (Wildman–Crippen LogP) is -0.499. The van der Waals surface area contributed by atoms with E-state index < -0.39 is 9.84 Å². The number of aliphatic imine (C=N–C) groups is 1. The van der Waals surface area contributed by atoms with Gasteiger partial charge < -0.3 is 16.0 Å². The minimum absolute atomic E-state index is 0.00646. The average molecular weight is 318 g/mol. The largest absolute Gasteiger partial charge is 0.355 e. The lowest BCUT2D eigenvalue weighted by Gasteiger charge is -2.17. The second kappa shape index (κ2) is 8.21. The van der Waals surface area contributed by atoms with Crippen molar-refractivity contribution in [2.75, 3.05) is 32.1 Å². The number of nitrogens with one attached hydrogen (secondary N) is 3. The van der Waals surface area contributed by atoms with Crippen LogP contribution in [0.2, 0.25) is 0 Å². The fraction of sp³-hybridized carbons (Fsp3) is 0.846. The van der Waals surface area contributed by atoms with Crippen LogP contribution in [-0.4, -0.2) is 58.5 Å². The molecule has 3 N–H and O–H groups in total. The van der Waals surface area contributed by atoms with Crippen LogP contribution in [0.4, 0.5) is 0 Å². The Morgan fingerprint density at radius 3 is 2.43 bits per heavy atom. The highest BCUT2D eigenvalue weighted by atomic mass is 32.2. The molecule has 0 bridgehead atoms. The maximum Gasteiger partial charge on any atom is 0.223 e. The van der Waals surface area contributed by atoms with Gasteiger partial charge >= 0.3 is 0 Å². The zero-order valence-electron chi connectivity index (χ0n) is 13.0. The minimum Gasteiger partial charge on any atom is -0.355 e. The summed E-state index contributed by atoms with van der Waals surface area (Å²) in [5.41, 5.74) is 0. The van der Waals surface area contributed by atoms with Gasteiger partial charge in [-0.25, -0.2) is 8.42 Å². The Kier molecular flexibility index (Phi) is 6.94. The molecular formula is C13H26N4O3S. The molecule has 0 spiro atoms. The third-order valence-corrected chi connectivity index (χ3v) is 4.17. The van der Waals surface area contributed by atoms with Crippen molar-refractivity contribution in [1.82, 2.24) is 16.0 Å². The Hall–Kier alpha value is -1.31. The van der Waals surface area contributed by atoms with Gasteiger partial charge in [-0.3, -0.25) is 9.79 Å². The van der Waals surface area contributed by atoms with Crippen molar-refractivity contribution < 1.29 is 13.2 Å². The maximum absolute atomic E-state index is 11.4. The molecule has 21 heavy (non-hydrogen) atoms. The summed E-state index contributed by atoms with van der Waals surface area (Å²) in [5.74, 6) is 1.10. The fourth-order valence-electron chi connectivity index (χ4n) is 1.75. The molecule has 122 valence electrons. The van der Waals surface area contributed by atoms with Crippen LogP contribution in [0.3, 0.4) is 0 Å². The monoisotopic (exact) mass is 318 g/mol. The Labute approximate surface area is 126 Å². The first kappa shape index (κ1) is 17.7. The van der Waals surface area contributed by atoms with E-state index >= 15 is 0 Å². The number of hydrogen-bond donors (Lipinski definition) is 3. The lowest BCUT2D eigenvalue weighted by atomic mass is 10.3. The Morgan fingerprint density at radius 1 is 1.29 bits per heavy atom. The van der Waals surface area contributed by atoms with E-state index in [4.69, 9.17) is 0 Å². The minimum atomic E-state index is -2.94. The number of amides is 1. The fourth-order valence-corrected chi connectivity index (χ4v) is 2.53. The van der Waals surface area contributed by atoms with Gasteiger partial charge in [0.25, 0.3) is 0 Å². The van der Waals surface area contributed by atoms with Crippen LogP contribution in [0.5, 0.6) is 0 Å². The van der Waals surface area contributed by atoms with E-state index in [1.165, 1.54) is 6.26 Å². The highest BCUT2D eigenvalue weighted by molar-refractivity contribution is 7.90. The lowest BCUT2D eigenvalue weighted by Crippen LogP contribution is -2.45. The van der Waals surface area contributed by atoms with Crippen molar-refractivity contribution in [3.05, 3.63) is 0 Å². The Morgan fingerprint density at radius 2 is 1.90 bits per heavy atom. The molecule has 1 atom stereocenters. The molecule has 1 amide bonds. The van der Waals surface area contributed by atoms with Crippen molar-refractivity contribution >= 4 is 21.7 Å². The number of sulfone groups is 1. The van der Waals surface area contributed by atoms with Gasteiger partial charge in [0.1, 0.15) is 9.84 Å². The van der Waals surface area contributed by atoms with Crippen LogP contribution in [-0.2, 0) is 14.6 Å². The first-order chi connectivity index (χ1) is 9.81. The molecule has 1 aliphatic carbocycles. The third kappa shape index (κ3) is 8.54. The molecule has 0 radical (unpaired) electrons. The molecule has 1 unspecified atom stereocenters. The van der Waals surface area contributed by atoms with Gasteiger partial charge in [-0.1, -0.05) is 0 Å². The van der Waals surface area contributed by atoms with Crippen LogP contribution in [0.15, 0.2) is 4.99 Å². The van der Waals surface area contributed by atoms with E-state index in [1.54, 1.807) is 7.05 Å². The molecule has 0 aromatic rings. The first-order valence-corrected chi connectivity index (χ1v) is 9.30. The molecular weight excluding hydrogens is 292 g/mol. The maximum atomic E-state index is 11.4. The van der Waals surface area contributed by atoms with Gasteiger partial charge in [0.15, 0.2) is 5.96 Å². The van der Waals surface area contributed by atoms with Crippen LogP contribution < -0.4 is 16.0 Å². The van der Waals surface area contributed by atoms with Crippen LogP contribution >= 0.6 is 0 Å². The topological polar surface area (TPSA) is 99.7 Å². The molecule has 0 saturated heterocycles. The van der Waals surface area contributed by atoms with Crippen molar-refractivity contribution in [3.8, 4) is 0 Å². The SMILES string of the molecule is CN=C(NCCNC(=O)C1CC1)NC(C)CCS(C)(=O)=O. The van der Waals surface area contributed by atoms with Crippen molar-refractivity contribution in [2.45, 2.75) is 32.2 Å². The molecule has 1 saturated carbocycles. The summed E-state index contributed by atoms with van der Waals surface area (Å²) in [6.07, 6.45) is 3.76. The van der Waals surface area contributed by atoms with Gasteiger partial charge in [-0.2, -0.15) is 0 Å². The van der Waals surface area contributed by atoms with Crippen molar-refractivity contribution in [3.63, 3.8) is 0 Å². The summed E-state index contributed by atoms with van der Waals surface area (Å²) in [4.78, 5) is 15.5. The van der Waals surface area contributed by atoms with E-state index in [1.807, 2.05) is 6.92 Å². The normalized spacial score (nSPS) is 17.2. The quantitative estimate of drug-likeness (QED) is 0.318. The highest BCUT2D eigenvalue weighted by Crippen LogP contribution is 2.28. The molecule has 1 rings (SSSR count). The standard InChI is InChI=1S/C13H26N4O3S/c1-10(6-9-21(3,19)20)17-13(14-2)16-8-7-15-12(18)11-4-5-11/h10-11H,4-9H2,1-3H3,(H,15,18)(H2,14,16,17). The van der Waals surface area contributed by atoms with Crippen LogP contribution in [0, 0.1) is 5.92 Å². The van der Waals surface area contributed by atoms with E-state index in [9.17, 15) is 13.2 Å². The van der Waals surface area contributed by atoms with E-state index in [-0.39, 0.29) is 23.6 Å². The van der Waals surface area contributed by atoms with E-state index in [2.05, 4.69) is 20.9 Å². The predicted molar refractivity (Wildman–Crippen MR) is 84.0 cm³/mol. The number of hydrogen-bond acceptors (Lipinski definition) is 4. The molecule has 0 aromatic carbocycles. The first-order valence-electron chi connectivity index (χ1n) is 7.24. The van der Waals surface area contributed by atoms with E-state index in [0.717, 1.165) is 12.8 Å². The van der Waals surface area contributed by atoms with Crippen molar-refractivity contribution in [2.24, 2.45) is 10.9 Å². The molecule has 8 heteroatoms. The van der Waals surface area contributed by atoms with Gasteiger partial charge in [0.2, 0.25) is 5.91 Å². The summed E-state index contributed by atoms with van der Waals surface area (Å²) in [6.45, 7) is 3.04. The number of carbonyl (C=O) groups is 1. The summed E-state index contributed by atoms with van der Waals surface area (Å²) in [7, 11) is -1.29. The Bertz CT molecular complexity index is 472. The molecule has 1 aliphatic rings. The molecule has 0 aromatic heterocycles. The summed E-state index contributed by atoms with van der Waals surface area (Å²) < 4.78 is 22.2. The van der Waals surface area contributed by atoms with E-state index in [0.29, 0.717) is 25.5 Å². The Balaban J connectivity index is 2.17. The summed E-state index contributed by atoms with van der Waals surface area (Å²) >= 11 is 0. The average Bonchev–Trinajstić information content (AvgIpc) is 3.23. The molecule has 1 fully saturated rings. The third-order valence-electron chi connectivity index (χ3n) is 3.19. The van der Waals surface area contributed by atoms with Crippen LogP contribution in [0.25, 0.3) is 0 Å². The second-order valence-electron chi connectivity index (χ2n) is 5.53. The van der Waals surface area contributed by atoms with Gasteiger partial charge in [0, 0.05) is 38.4 Å². The second-order valence-corrected chi connectivity index (χ2v) is 7.79. The van der Waals surface area contributed by atoms with Gasteiger partial charge in [-0.15, -0.1) is 0 Å². The summed E-state index contributed by atoms with van der Waals surface area (Å²) in [5, 5.41) is 9.07. The smallest absolute Gasteiger partial charge is 0.223 e. The summed E-state index contributed by atoms with van der Waals surface area (Å²) in [6, 6.07) is 0.00646. The lowest BCUT2D eigenvalue weighted by molar-refractivity contribution is -0.122. The highest BCUT2D eigenvalue weighted by Gasteiger charge is 2.28. The molecule has 0 aliphatic heterocycles. The zero-order valence-corrected chi connectivity index (χ0v) is 13.8. The van der Waals surface area contributed by atoms with Crippen molar-refractivity contribution in [1.29, 1.82) is 0 Å². The zero-order chi connectivity index (χ0) is 15.9. The number of rotatable bonds is 8.